The zero-order valence-electron chi connectivity index (χ0n) is 29.2. The fourth-order valence-corrected chi connectivity index (χ4v) is 6.82. The topological polar surface area (TPSA) is 13.1 Å². The Morgan fingerprint density at radius 1 is 0.378 bits per heavy atom. The smallest absolute Gasteiger partial charge is 0.136 e. The van der Waals surface area contributed by atoms with Gasteiger partial charge in [-0.3, -0.25) is 0 Å². The van der Waals surface area contributed by atoms with E-state index in [4.69, 9.17) is 11.3 Å². The highest BCUT2D eigenvalue weighted by Gasteiger charge is 2.19. The fraction of sp³-hybridized carbons (Fsp3) is 0. The molecule has 9 rings (SSSR count). The molecule has 0 unspecified atom stereocenters. The van der Waals surface area contributed by atoms with Crippen molar-refractivity contribution in [3.8, 4) is 44.5 Å². The van der Waals surface area contributed by atoms with Gasteiger partial charge in [-0.25, -0.2) is 0 Å². The molecule has 0 spiro atoms. The molecule has 45 heavy (non-hydrogen) atoms. The summed E-state index contributed by atoms with van der Waals surface area (Å²) in [6.45, 7) is 0. The summed E-state index contributed by atoms with van der Waals surface area (Å²) < 4.78 is 48.2. The molecular formula is C44H28O. The van der Waals surface area contributed by atoms with Crippen molar-refractivity contribution in [2.75, 3.05) is 0 Å². The van der Waals surface area contributed by atoms with Crippen molar-refractivity contribution < 1.29 is 11.3 Å². The van der Waals surface area contributed by atoms with Crippen molar-refractivity contribution in [1.29, 1.82) is 0 Å². The van der Waals surface area contributed by atoms with Crippen LogP contribution in [-0.2, 0) is 0 Å². The van der Waals surface area contributed by atoms with Gasteiger partial charge in [0, 0.05) is 10.8 Å². The quantitative estimate of drug-likeness (QED) is 0.190. The van der Waals surface area contributed by atoms with Crippen LogP contribution in [0.5, 0.6) is 0 Å². The van der Waals surface area contributed by atoms with Crippen molar-refractivity contribution in [1.82, 2.24) is 0 Å². The molecule has 0 bridgehead atoms. The summed E-state index contributed by atoms with van der Waals surface area (Å²) in [6.07, 6.45) is 0. The van der Waals surface area contributed by atoms with Gasteiger partial charge in [0.15, 0.2) is 0 Å². The Labute approximate surface area is 268 Å². The van der Waals surface area contributed by atoms with Crippen LogP contribution in [0.3, 0.4) is 0 Å². The lowest BCUT2D eigenvalue weighted by atomic mass is 9.85. The van der Waals surface area contributed by atoms with Crippen molar-refractivity contribution in [2.45, 2.75) is 0 Å². The predicted octanol–water partition coefficient (Wildman–Crippen LogP) is 12.6. The molecule has 8 aromatic carbocycles. The molecule has 0 aliphatic rings. The fourth-order valence-electron chi connectivity index (χ4n) is 6.82. The zero-order valence-corrected chi connectivity index (χ0v) is 24.2. The Bertz CT molecular complexity index is 2730. The van der Waals surface area contributed by atoms with Gasteiger partial charge < -0.3 is 4.42 Å². The van der Waals surface area contributed by atoms with Crippen molar-refractivity contribution in [2.24, 2.45) is 0 Å². The Hall–Kier alpha value is -5.92. The summed E-state index contributed by atoms with van der Waals surface area (Å²) in [5.41, 5.74) is 8.84. The maximum absolute atomic E-state index is 8.61. The van der Waals surface area contributed by atoms with Crippen LogP contribution in [0.4, 0.5) is 0 Å². The molecule has 0 saturated carbocycles. The molecule has 1 nitrogen and oxygen atoms in total. The van der Waals surface area contributed by atoms with Gasteiger partial charge in [0.2, 0.25) is 0 Å². The molecule has 210 valence electrons. The second-order valence-electron chi connectivity index (χ2n) is 11.3. The first-order valence-electron chi connectivity index (χ1n) is 17.5. The maximum atomic E-state index is 8.61. The SMILES string of the molecule is [2H]c1c([2H])c([2H])c(-c2cccc(-c3c4ccccc4c(-c4ccc5oc6cccc(-c7ccccc7)c6c5c4)c4ccccc34)c2)c([2H])c1[2H]. The molecule has 9 aromatic rings. The van der Waals surface area contributed by atoms with Crippen molar-refractivity contribution >= 4 is 43.5 Å². The maximum Gasteiger partial charge on any atom is 0.136 e. The van der Waals surface area contributed by atoms with E-state index in [9.17, 15) is 0 Å². The standard InChI is InChI=1S/C44H28O/c1-3-13-29(14-4-1)31-17-11-18-32(27-31)42-35-19-7-9-21-37(35)43(38-22-10-8-20-36(38)42)33-25-26-40-39(28-33)44-34(23-12-24-41(44)45-40)30-15-5-2-6-16-30/h1-28H/i1D,3D,4D,13D,14D. The van der Waals surface area contributed by atoms with Crippen molar-refractivity contribution in [3.05, 3.63) is 170 Å². The number of rotatable bonds is 4. The summed E-state index contributed by atoms with van der Waals surface area (Å²) in [7, 11) is 0. The summed E-state index contributed by atoms with van der Waals surface area (Å²) in [5.74, 6) is 0. The minimum Gasteiger partial charge on any atom is -0.456 e. The number of benzene rings is 8. The number of furan rings is 1. The van der Waals surface area contributed by atoms with Crippen molar-refractivity contribution in [3.63, 3.8) is 0 Å². The van der Waals surface area contributed by atoms with E-state index in [1.54, 1.807) is 0 Å². The Morgan fingerprint density at radius 3 is 1.64 bits per heavy atom. The first kappa shape index (κ1) is 20.9. The first-order chi connectivity index (χ1) is 24.4. The van der Waals surface area contributed by atoms with Gasteiger partial charge in [-0.15, -0.1) is 0 Å². The van der Waals surface area contributed by atoms with Gasteiger partial charge in [0.1, 0.15) is 11.2 Å². The highest BCUT2D eigenvalue weighted by atomic mass is 16.3. The minimum absolute atomic E-state index is 0.193. The average molecular weight is 578 g/mol. The highest BCUT2D eigenvalue weighted by molar-refractivity contribution is 6.22. The Kier molecular flexibility index (Phi) is 4.81. The third kappa shape index (κ3) is 4.17. The molecule has 0 radical (unpaired) electrons. The van der Waals surface area contributed by atoms with Crippen LogP contribution in [0.2, 0.25) is 0 Å². The molecule has 0 atom stereocenters. The number of hydrogen-bond acceptors (Lipinski definition) is 1. The van der Waals surface area contributed by atoms with E-state index in [-0.39, 0.29) is 29.7 Å². The van der Waals surface area contributed by atoms with Gasteiger partial charge in [0.25, 0.3) is 0 Å². The molecule has 0 aliphatic carbocycles. The first-order valence-corrected chi connectivity index (χ1v) is 15.0. The molecule has 0 saturated heterocycles. The van der Waals surface area contributed by atoms with E-state index in [1.807, 2.05) is 54.6 Å². The highest BCUT2D eigenvalue weighted by Crippen LogP contribution is 2.46. The van der Waals surface area contributed by atoms with E-state index in [1.165, 1.54) is 0 Å². The van der Waals surface area contributed by atoms with E-state index in [0.717, 1.165) is 76.9 Å². The van der Waals surface area contributed by atoms with Gasteiger partial charge in [-0.2, -0.15) is 0 Å². The molecular weight excluding hydrogens is 544 g/mol. The predicted molar refractivity (Wildman–Crippen MR) is 190 cm³/mol. The Balaban J connectivity index is 1.31. The van der Waals surface area contributed by atoms with Crippen LogP contribution in [0.1, 0.15) is 6.85 Å². The van der Waals surface area contributed by atoms with Crippen LogP contribution in [0.25, 0.3) is 88.0 Å². The van der Waals surface area contributed by atoms with Crippen LogP contribution < -0.4 is 0 Å². The molecule has 0 fully saturated rings. The number of fused-ring (bicyclic) bond motifs is 5. The van der Waals surface area contributed by atoms with Gasteiger partial charge in [-0.05, 0) is 90.3 Å². The van der Waals surface area contributed by atoms with Crippen LogP contribution in [-0.4, -0.2) is 0 Å². The van der Waals surface area contributed by atoms with E-state index in [2.05, 4.69) is 84.9 Å². The Morgan fingerprint density at radius 2 is 0.956 bits per heavy atom. The molecule has 1 heteroatoms. The van der Waals surface area contributed by atoms with Crippen LogP contribution >= 0.6 is 0 Å². The lowest BCUT2D eigenvalue weighted by Gasteiger charge is -2.18. The lowest BCUT2D eigenvalue weighted by molar-refractivity contribution is 0.669. The second kappa shape index (κ2) is 10.4. The second-order valence-corrected chi connectivity index (χ2v) is 11.3. The van der Waals surface area contributed by atoms with Gasteiger partial charge in [0.05, 0.1) is 6.85 Å². The normalized spacial score (nSPS) is 13.1. The molecule has 0 amide bonds. The van der Waals surface area contributed by atoms with Crippen LogP contribution in [0, 0.1) is 0 Å². The van der Waals surface area contributed by atoms with Crippen LogP contribution in [0.15, 0.2) is 174 Å². The third-order valence-electron chi connectivity index (χ3n) is 8.74. The molecule has 0 N–H and O–H groups in total. The molecule has 1 aromatic heterocycles. The monoisotopic (exact) mass is 577 g/mol. The average Bonchev–Trinajstić information content (AvgIpc) is 3.54. The largest absolute Gasteiger partial charge is 0.456 e. The van der Waals surface area contributed by atoms with Gasteiger partial charge >= 0.3 is 0 Å². The van der Waals surface area contributed by atoms with E-state index < -0.39 is 6.04 Å². The summed E-state index contributed by atoms with van der Waals surface area (Å²) in [5, 5.41) is 6.43. The van der Waals surface area contributed by atoms with E-state index >= 15 is 0 Å². The number of hydrogen-bond donors (Lipinski definition) is 0. The summed E-state index contributed by atoms with van der Waals surface area (Å²) >= 11 is 0. The summed E-state index contributed by atoms with van der Waals surface area (Å²) in [4.78, 5) is 0. The molecule has 0 aliphatic heterocycles. The lowest BCUT2D eigenvalue weighted by Crippen LogP contribution is -1.91. The van der Waals surface area contributed by atoms with E-state index in [0.29, 0.717) is 5.56 Å². The van der Waals surface area contributed by atoms with Gasteiger partial charge in [-0.1, -0.05) is 145 Å². The summed E-state index contributed by atoms with van der Waals surface area (Å²) in [6, 6.07) is 46.1. The third-order valence-corrected chi connectivity index (χ3v) is 8.74. The minimum atomic E-state index is -0.398. The molecule has 1 heterocycles. The zero-order chi connectivity index (χ0) is 34.1.